The van der Waals surface area contributed by atoms with Crippen LogP contribution >= 0.6 is 0 Å². The van der Waals surface area contributed by atoms with Crippen molar-refractivity contribution < 1.29 is 22.0 Å². The molecule has 0 aromatic heterocycles. The Hall–Kier alpha value is -3.46. The fourth-order valence-corrected chi connectivity index (χ4v) is 6.56. The minimum absolute atomic E-state index is 0.0199. The van der Waals surface area contributed by atoms with E-state index in [9.17, 15) is 22.0 Å². The van der Waals surface area contributed by atoms with Gasteiger partial charge in [-0.2, -0.15) is 0 Å². The Balaban J connectivity index is 1.33. The zero-order valence-electron chi connectivity index (χ0n) is 19.2. The molecule has 3 aromatic carbocycles. The summed E-state index contributed by atoms with van der Waals surface area (Å²) in [6.07, 6.45) is 0.470. The lowest BCUT2D eigenvalue weighted by Gasteiger charge is -2.36. The maximum atomic E-state index is 14.1. The molecule has 0 bridgehead atoms. The Labute approximate surface area is 203 Å². The Morgan fingerprint density at radius 2 is 1.57 bits per heavy atom. The molecule has 1 fully saturated rings. The lowest BCUT2D eigenvalue weighted by molar-refractivity contribution is 0.0746. The zero-order valence-corrected chi connectivity index (χ0v) is 20.0. The average molecular weight is 498 g/mol. The number of para-hydroxylation sites is 1. The molecular formula is C26H25F2N3O3S. The predicted molar refractivity (Wildman–Crippen MR) is 130 cm³/mol. The molecule has 1 saturated heterocycles. The summed E-state index contributed by atoms with van der Waals surface area (Å²) in [6, 6.07) is 16.1. The van der Waals surface area contributed by atoms with E-state index < -0.39 is 15.8 Å². The van der Waals surface area contributed by atoms with E-state index in [4.69, 9.17) is 0 Å². The van der Waals surface area contributed by atoms with E-state index in [2.05, 4.69) is 0 Å². The van der Waals surface area contributed by atoms with E-state index in [0.717, 1.165) is 17.7 Å². The van der Waals surface area contributed by atoms with Gasteiger partial charge in [0.05, 0.1) is 16.3 Å². The van der Waals surface area contributed by atoms with E-state index in [1.54, 1.807) is 41.3 Å². The van der Waals surface area contributed by atoms with Gasteiger partial charge >= 0.3 is 0 Å². The number of carbonyl (C=O) groups excluding carboxylic acids is 1. The SMILES string of the molecule is C[C@@H]1Cc2cc(C(=O)N3CCN(c4ccccc4F)CC3)ccc2N1S(=O)(=O)c1ccc(F)cc1. The van der Waals surface area contributed by atoms with Gasteiger partial charge in [-0.15, -0.1) is 0 Å². The second-order valence-electron chi connectivity index (χ2n) is 8.88. The molecule has 5 rings (SSSR count). The molecule has 35 heavy (non-hydrogen) atoms. The Kier molecular flexibility index (Phi) is 5.96. The van der Waals surface area contributed by atoms with Gasteiger partial charge in [-0.1, -0.05) is 12.1 Å². The van der Waals surface area contributed by atoms with Crippen molar-refractivity contribution in [2.75, 3.05) is 35.4 Å². The molecule has 1 amide bonds. The normalized spacial score (nSPS) is 18.0. The number of nitrogens with zero attached hydrogens (tertiary/aromatic N) is 3. The van der Waals surface area contributed by atoms with Crippen molar-refractivity contribution in [2.45, 2.75) is 24.3 Å². The van der Waals surface area contributed by atoms with Crippen molar-refractivity contribution in [1.29, 1.82) is 0 Å². The van der Waals surface area contributed by atoms with Crippen LogP contribution in [-0.4, -0.2) is 51.4 Å². The number of anilines is 2. The smallest absolute Gasteiger partial charge is 0.264 e. The second-order valence-corrected chi connectivity index (χ2v) is 10.7. The number of carbonyl (C=O) groups is 1. The number of piperazine rings is 1. The van der Waals surface area contributed by atoms with E-state index >= 15 is 0 Å². The summed E-state index contributed by atoms with van der Waals surface area (Å²) in [5.74, 6) is -0.912. The van der Waals surface area contributed by atoms with Gasteiger partial charge < -0.3 is 9.80 Å². The van der Waals surface area contributed by atoms with Gasteiger partial charge in [0.1, 0.15) is 11.6 Å². The monoisotopic (exact) mass is 497 g/mol. The predicted octanol–water partition coefficient (Wildman–Crippen LogP) is 4.07. The summed E-state index contributed by atoms with van der Waals surface area (Å²) in [6.45, 7) is 3.79. The highest BCUT2D eigenvalue weighted by atomic mass is 32.2. The van der Waals surface area contributed by atoms with Crippen LogP contribution in [0.4, 0.5) is 20.2 Å². The average Bonchev–Trinajstić information content (AvgIpc) is 3.20. The molecule has 0 spiro atoms. The molecule has 2 aliphatic heterocycles. The van der Waals surface area contributed by atoms with Gasteiger partial charge in [0.2, 0.25) is 0 Å². The summed E-state index contributed by atoms with van der Waals surface area (Å²) in [5, 5.41) is 0. The fourth-order valence-electron chi connectivity index (χ4n) is 4.86. The molecule has 0 radical (unpaired) electrons. The van der Waals surface area contributed by atoms with E-state index in [0.29, 0.717) is 49.5 Å². The highest BCUT2D eigenvalue weighted by Crippen LogP contribution is 2.37. The van der Waals surface area contributed by atoms with Crippen molar-refractivity contribution >= 4 is 27.3 Å². The van der Waals surface area contributed by atoms with Crippen LogP contribution in [0.3, 0.4) is 0 Å². The van der Waals surface area contributed by atoms with Crippen molar-refractivity contribution in [3.05, 3.63) is 89.5 Å². The van der Waals surface area contributed by atoms with Crippen LogP contribution < -0.4 is 9.21 Å². The fraction of sp³-hybridized carbons (Fsp3) is 0.269. The van der Waals surface area contributed by atoms with Crippen LogP contribution in [0.5, 0.6) is 0 Å². The molecule has 3 aromatic rings. The number of benzene rings is 3. The van der Waals surface area contributed by atoms with Crippen LogP contribution in [0, 0.1) is 11.6 Å². The van der Waals surface area contributed by atoms with Gasteiger partial charge in [0.25, 0.3) is 15.9 Å². The number of sulfonamides is 1. The summed E-state index contributed by atoms with van der Waals surface area (Å²) >= 11 is 0. The first-order valence-electron chi connectivity index (χ1n) is 11.5. The quantitative estimate of drug-likeness (QED) is 0.545. The third kappa shape index (κ3) is 4.25. The Morgan fingerprint density at radius 3 is 2.26 bits per heavy atom. The number of rotatable bonds is 4. The van der Waals surface area contributed by atoms with Gasteiger partial charge in [0.15, 0.2) is 0 Å². The number of hydrogen-bond acceptors (Lipinski definition) is 4. The summed E-state index contributed by atoms with van der Waals surface area (Å²) in [7, 11) is -3.87. The molecular weight excluding hydrogens is 472 g/mol. The maximum Gasteiger partial charge on any atom is 0.264 e. The Morgan fingerprint density at radius 1 is 0.886 bits per heavy atom. The summed E-state index contributed by atoms with van der Waals surface area (Å²) in [5.41, 5.74) is 2.34. The van der Waals surface area contributed by atoms with Crippen LogP contribution in [-0.2, 0) is 16.4 Å². The number of halogens is 2. The van der Waals surface area contributed by atoms with E-state index in [-0.39, 0.29) is 22.7 Å². The van der Waals surface area contributed by atoms with E-state index in [1.807, 2.05) is 11.8 Å². The van der Waals surface area contributed by atoms with E-state index in [1.165, 1.54) is 22.5 Å². The Bertz CT molecular complexity index is 1370. The van der Waals surface area contributed by atoms with Crippen molar-refractivity contribution in [2.24, 2.45) is 0 Å². The molecule has 2 heterocycles. The third-order valence-corrected chi connectivity index (χ3v) is 8.55. The largest absolute Gasteiger partial charge is 0.366 e. The number of hydrogen-bond donors (Lipinski definition) is 0. The number of fused-ring (bicyclic) bond motifs is 1. The minimum Gasteiger partial charge on any atom is -0.366 e. The van der Waals surface area contributed by atoms with Crippen molar-refractivity contribution in [1.82, 2.24) is 4.90 Å². The highest BCUT2D eigenvalue weighted by Gasteiger charge is 2.36. The first-order chi connectivity index (χ1) is 16.8. The summed E-state index contributed by atoms with van der Waals surface area (Å²) < 4.78 is 55.3. The van der Waals surface area contributed by atoms with Gasteiger partial charge in [-0.25, -0.2) is 17.2 Å². The van der Waals surface area contributed by atoms with Gasteiger partial charge in [-0.05, 0) is 73.5 Å². The second kappa shape index (κ2) is 8.96. The first-order valence-corrected chi connectivity index (χ1v) is 12.9. The molecule has 0 N–H and O–H groups in total. The maximum absolute atomic E-state index is 14.1. The van der Waals surface area contributed by atoms with Gasteiger partial charge in [-0.3, -0.25) is 9.10 Å². The minimum atomic E-state index is -3.87. The van der Waals surface area contributed by atoms with Crippen LogP contribution in [0.2, 0.25) is 0 Å². The molecule has 2 aliphatic rings. The molecule has 6 nitrogen and oxygen atoms in total. The molecule has 0 saturated carbocycles. The van der Waals surface area contributed by atoms with Crippen LogP contribution in [0.1, 0.15) is 22.8 Å². The molecule has 9 heteroatoms. The topological polar surface area (TPSA) is 60.9 Å². The first kappa shape index (κ1) is 23.3. The summed E-state index contributed by atoms with van der Waals surface area (Å²) in [4.78, 5) is 16.9. The highest BCUT2D eigenvalue weighted by molar-refractivity contribution is 7.92. The standard InChI is InChI=1S/C26H25F2N3O3S/c1-18-16-20-17-19(6-11-24(20)31(18)35(33,34)22-9-7-21(27)8-10-22)26(32)30-14-12-29(13-15-30)25-5-3-2-4-23(25)28/h2-11,17-18H,12-16H2,1H3/t18-/m1/s1. The lowest BCUT2D eigenvalue weighted by atomic mass is 10.1. The van der Waals surface area contributed by atoms with Crippen LogP contribution in [0.25, 0.3) is 0 Å². The zero-order chi connectivity index (χ0) is 24.7. The lowest BCUT2D eigenvalue weighted by Crippen LogP contribution is -2.49. The van der Waals surface area contributed by atoms with Crippen molar-refractivity contribution in [3.8, 4) is 0 Å². The number of amides is 1. The van der Waals surface area contributed by atoms with Crippen molar-refractivity contribution in [3.63, 3.8) is 0 Å². The molecule has 0 aliphatic carbocycles. The van der Waals surface area contributed by atoms with Gasteiger partial charge in [0, 0.05) is 37.8 Å². The molecule has 0 unspecified atom stereocenters. The molecule has 182 valence electrons. The van der Waals surface area contributed by atoms with Crippen LogP contribution in [0.15, 0.2) is 71.6 Å². The molecule has 1 atom stereocenters. The third-order valence-electron chi connectivity index (χ3n) is 6.61.